The predicted octanol–water partition coefficient (Wildman–Crippen LogP) is 2.67. The standard InChI is InChI=1S/C9H16N2O/c1-4-6-8(5-2)9-10-7(3)11-12-9/h8H,4-6H2,1-3H3. The topological polar surface area (TPSA) is 38.9 Å². The SMILES string of the molecule is CCCC(CC)c1nc(C)no1. The van der Waals surface area contributed by atoms with Crippen LogP contribution in [-0.2, 0) is 0 Å². The fourth-order valence-electron chi connectivity index (χ4n) is 1.33. The Balaban J connectivity index is 2.66. The molecule has 1 aromatic heterocycles. The second kappa shape index (κ2) is 4.24. The van der Waals surface area contributed by atoms with Gasteiger partial charge in [0.1, 0.15) is 0 Å². The van der Waals surface area contributed by atoms with E-state index in [9.17, 15) is 0 Å². The molecular formula is C9H16N2O. The molecule has 1 aromatic rings. The Morgan fingerprint density at radius 1 is 1.42 bits per heavy atom. The normalized spacial score (nSPS) is 13.2. The third-order valence-corrected chi connectivity index (χ3v) is 2.02. The molecule has 3 heteroatoms. The number of nitrogens with zero attached hydrogens (tertiary/aromatic N) is 2. The van der Waals surface area contributed by atoms with Crippen LogP contribution < -0.4 is 0 Å². The third kappa shape index (κ3) is 2.06. The van der Waals surface area contributed by atoms with Crippen LogP contribution in [0.5, 0.6) is 0 Å². The van der Waals surface area contributed by atoms with Gasteiger partial charge in [-0.15, -0.1) is 0 Å². The minimum atomic E-state index is 0.455. The predicted molar refractivity (Wildman–Crippen MR) is 47.0 cm³/mol. The van der Waals surface area contributed by atoms with Gasteiger partial charge in [0, 0.05) is 5.92 Å². The Kier molecular flexibility index (Phi) is 3.26. The van der Waals surface area contributed by atoms with Crippen LogP contribution in [0.15, 0.2) is 4.52 Å². The lowest BCUT2D eigenvalue weighted by Gasteiger charge is -2.06. The average Bonchev–Trinajstić information content (AvgIpc) is 2.47. The first-order valence-corrected chi connectivity index (χ1v) is 4.58. The Morgan fingerprint density at radius 2 is 2.17 bits per heavy atom. The molecule has 0 saturated carbocycles. The van der Waals surface area contributed by atoms with Gasteiger partial charge in [0.05, 0.1) is 0 Å². The molecule has 1 heterocycles. The van der Waals surface area contributed by atoms with Crippen LogP contribution in [0, 0.1) is 6.92 Å². The van der Waals surface area contributed by atoms with Gasteiger partial charge >= 0.3 is 0 Å². The van der Waals surface area contributed by atoms with E-state index in [2.05, 4.69) is 24.0 Å². The minimum absolute atomic E-state index is 0.455. The monoisotopic (exact) mass is 168 g/mol. The molecule has 3 nitrogen and oxygen atoms in total. The van der Waals surface area contributed by atoms with Crippen molar-refractivity contribution in [2.24, 2.45) is 0 Å². The van der Waals surface area contributed by atoms with Crippen LogP contribution in [0.25, 0.3) is 0 Å². The van der Waals surface area contributed by atoms with Crippen molar-refractivity contribution < 1.29 is 4.52 Å². The quantitative estimate of drug-likeness (QED) is 0.693. The fraction of sp³-hybridized carbons (Fsp3) is 0.778. The Labute approximate surface area is 73.2 Å². The molecule has 0 spiro atoms. The van der Waals surface area contributed by atoms with E-state index < -0.39 is 0 Å². The van der Waals surface area contributed by atoms with Crippen molar-refractivity contribution in [2.45, 2.75) is 46.0 Å². The first kappa shape index (κ1) is 9.23. The first-order chi connectivity index (χ1) is 5.77. The zero-order chi connectivity index (χ0) is 8.97. The molecule has 0 bridgehead atoms. The molecule has 1 unspecified atom stereocenters. The zero-order valence-electron chi connectivity index (χ0n) is 8.00. The van der Waals surface area contributed by atoms with Crippen LogP contribution in [0.4, 0.5) is 0 Å². The van der Waals surface area contributed by atoms with E-state index in [4.69, 9.17) is 4.52 Å². The van der Waals surface area contributed by atoms with E-state index in [0.717, 1.165) is 24.6 Å². The third-order valence-electron chi connectivity index (χ3n) is 2.02. The first-order valence-electron chi connectivity index (χ1n) is 4.58. The fourth-order valence-corrected chi connectivity index (χ4v) is 1.33. The zero-order valence-corrected chi connectivity index (χ0v) is 8.00. The number of aromatic nitrogens is 2. The van der Waals surface area contributed by atoms with Gasteiger partial charge in [-0.3, -0.25) is 0 Å². The van der Waals surface area contributed by atoms with Gasteiger partial charge in [0.2, 0.25) is 5.89 Å². The molecule has 0 radical (unpaired) electrons. The molecule has 0 aliphatic heterocycles. The highest BCUT2D eigenvalue weighted by Gasteiger charge is 2.14. The van der Waals surface area contributed by atoms with Gasteiger partial charge < -0.3 is 4.52 Å². The molecular weight excluding hydrogens is 152 g/mol. The van der Waals surface area contributed by atoms with E-state index >= 15 is 0 Å². The van der Waals surface area contributed by atoms with Gasteiger partial charge in [-0.25, -0.2) is 0 Å². The second-order valence-corrected chi connectivity index (χ2v) is 3.07. The van der Waals surface area contributed by atoms with E-state index in [0.29, 0.717) is 5.92 Å². The Hall–Kier alpha value is -0.860. The van der Waals surface area contributed by atoms with Crippen molar-refractivity contribution in [3.05, 3.63) is 11.7 Å². The summed E-state index contributed by atoms with van der Waals surface area (Å²) in [6.07, 6.45) is 3.38. The van der Waals surface area contributed by atoms with Crippen LogP contribution in [0.3, 0.4) is 0 Å². The van der Waals surface area contributed by atoms with Gasteiger partial charge in [-0.1, -0.05) is 25.4 Å². The number of hydrogen-bond acceptors (Lipinski definition) is 3. The number of aryl methyl sites for hydroxylation is 1. The summed E-state index contributed by atoms with van der Waals surface area (Å²) in [6.45, 7) is 6.18. The maximum atomic E-state index is 5.11. The van der Waals surface area contributed by atoms with Crippen molar-refractivity contribution in [3.63, 3.8) is 0 Å². The number of hydrogen-bond donors (Lipinski definition) is 0. The minimum Gasteiger partial charge on any atom is -0.339 e. The lowest BCUT2D eigenvalue weighted by molar-refractivity contribution is 0.339. The molecule has 12 heavy (non-hydrogen) atoms. The van der Waals surface area contributed by atoms with Crippen molar-refractivity contribution >= 4 is 0 Å². The van der Waals surface area contributed by atoms with Crippen molar-refractivity contribution in [3.8, 4) is 0 Å². The molecule has 0 aliphatic rings. The summed E-state index contributed by atoms with van der Waals surface area (Å²) in [5, 5.41) is 3.78. The van der Waals surface area contributed by atoms with E-state index in [1.807, 2.05) is 6.92 Å². The molecule has 1 rings (SSSR count). The average molecular weight is 168 g/mol. The lowest BCUT2D eigenvalue weighted by Crippen LogP contribution is -1.96. The summed E-state index contributed by atoms with van der Waals surface area (Å²) >= 11 is 0. The van der Waals surface area contributed by atoms with Crippen molar-refractivity contribution in [2.75, 3.05) is 0 Å². The maximum Gasteiger partial charge on any atom is 0.229 e. The largest absolute Gasteiger partial charge is 0.339 e. The van der Waals surface area contributed by atoms with Crippen LogP contribution in [-0.4, -0.2) is 10.1 Å². The van der Waals surface area contributed by atoms with E-state index in [1.54, 1.807) is 0 Å². The van der Waals surface area contributed by atoms with Gasteiger partial charge in [0.25, 0.3) is 0 Å². The van der Waals surface area contributed by atoms with Crippen molar-refractivity contribution in [1.82, 2.24) is 10.1 Å². The summed E-state index contributed by atoms with van der Waals surface area (Å²) in [7, 11) is 0. The molecule has 0 fully saturated rings. The lowest BCUT2D eigenvalue weighted by atomic mass is 10.0. The summed E-state index contributed by atoms with van der Waals surface area (Å²) in [5.74, 6) is 1.99. The maximum absolute atomic E-state index is 5.11. The number of rotatable bonds is 4. The molecule has 0 aromatic carbocycles. The Bertz CT molecular complexity index is 232. The molecule has 0 saturated heterocycles. The molecule has 1 atom stereocenters. The van der Waals surface area contributed by atoms with Crippen molar-refractivity contribution in [1.29, 1.82) is 0 Å². The summed E-state index contributed by atoms with van der Waals surface area (Å²) in [5.41, 5.74) is 0. The summed E-state index contributed by atoms with van der Waals surface area (Å²) in [6, 6.07) is 0. The summed E-state index contributed by atoms with van der Waals surface area (Å²) < 4.78 is 5.11. The molecule has 0 N–H and O–H groups in total. The molecule has 68 valence electrons. The molecule has 0 amide bonds. The molecule has 0 aliphatic carbocycles. The van der Waals surface area contributed by atoms with Gasteiger partial charge in [-0.2, -0.15) is 4.98 Å². The van der Waals surface area contributed by atoms with Crippen LogP contribution in [0.2, 0.25) is 0 Å². The summed E-state index contributed by atoms with van der Waals surface area (Å²) in [4.78, 5) is 4.22. The van der Waals surface area contributed by atoms with E-state index in [1.165, 1.54) is 6.42 Å². The Morgan fingerprint density at radius 3 is 2.58 bits per heavy atom. The van der Waals surface area contributed by atoms with Crippen LogP contribution in [0.1, 0.15) is 50.7 Å². The highest BCUT2D eigenvalue weighted by atomic mass is 16.5. The van der Waals surface area contributed by atoms with Gasteiger partial charge in [-0.05, 0) is 19.8 Å². The highest BCUT2D eigenvalue weighted by molar-refractivity contribution is 4.91. The highest BCUT2D eigenvalue weighted by Crippen LogP contribution is 2.22. The van der Waals surface area contributed by atoms with E-state index in [-0.39, 0.29) is 0 Å². The van der Waals surface area contributed by atoms with Crippen LogP contribution >= 0.6 is 0 Å². The second-order valence-electron chi connectivity index (χ2n) is 3.07. The smallest absolute Gasteiger partial charge is 0.229 e. The van der Waals surface area contributed by atoms with Gasteiger partial charge in [0.15, 0.2) is 5.82 Å².